The maximum Gasteiger partial charge on any atom is 0.252 e. The number of hydrogen-bond donors (Lipinski definition) is 2. The number of rotatable bonds is 2. The van der Waals surface area contributed by atoms with Gasteiger partial charge in [-0.3, -0.25) is 4.79 Å². The molecule has 0 aliphatic carbocycles. The fraction of sp³-hybridized carbons (Fsp3) is 0.364. The number of nitrogens with one attached hydrogen (secondary N) is 1. The van der Waals surface area contributed by atoms with Crippen molar-refractivity contribution in [2.75, 3.05) is 17.2 Å². The van der Waals surface area contributed by atoms with Crippen molar-refractivity contribution in [3.05, 3.63) is 28.0 Å². The molecule has 1 atom stereocenters. The van der Waals surface area contributed by atoms with Crippen molar-refractivity contribution >= 4 is 37.4 Å². The van der Waals surface area contributed by atoms with Gasteiger partial charge in [0.15, 0.2) is 9.84 Å². The van der Waals surface area contributed by atoms with Crippen LogP contribution in [0.15, 0.2) is 16.6 Å². The van der Waals surface area contributed by atoms with Crippen LogP contribution in [0.25, 0.3) is 0 Å². The van der Waals surface area contributed by atoms with Gasteiger partial charge in [0, 0.05) is 10.5 Å². The van der Waals surface area contributed by atoms with Crippen LogP contribution in [-0.2, 0) is 9.84 Å². The van der Waals surface area contributed by atoms with Gasteiger partial charge in [0.05, 0.1) is 22.8 Å². The molecule has 1 aliphatic heterocycles. The molecule has 1 saturated heterocycles. The van der Waals surface area contributed by atoms with E-state index in [1.807, 2.05) is 0 Å². The molecule has 2 rings (SSSR count). The molecule has 1 aromatic carbocycles. The standard InChI is InChI=1S/C11H12BrFN2O3S/c12-8-4-9(13)10(14)3-7(8)11(16)15-6-1-2-19(17,18)5-6/h3-4,6H,1-2,5,14H2,(H,15,16). The Morgan fingerprint density at radius 2 is 2.16 bits per heavy atom. The number of carbonyl (C=O) groups is 1. The van der Waals surface area contributed by atoms with Gasteiger partial charge in [-0.25, -0.2) is 12.8 Å². The largest absolute Gasteiger partial charge is 0.396 e. The van der Waals surface area contributed by atoms with Gasteiger partial charge in [-0.05, 0) is 34.5 Å². The average molecular weight is 351 g/mol. The van der Waals surface area contributed by atoms with E-state index in [9.17, 15) is 17.6 Å². The van der Waals surface area contributed by atoms with E-state index in [4.69, 9.17) is 5.73 Å². The molecule has 1 unspecified atom stereocenters. The summed E-state index contributed by atoms with van der Waals surface area (Å²) < 4.78 is 36.0. The molecule has 0 radical (unpaired) electrons. The van der Waals surface area contributed by atoms with Crippen molar-refractivity contribution in [3.63, 3.8) is 0 Å². The molecule has 5 nitrogen and oxygen atoms in total. The lowest BCUT2D eigenvalue weighted by atomic mass is 10.1. The number of nitrogen functional groups attached to an aromatic ring is 1. The number of sulfone groups is 1. The number of nitrogens with two attached hydrogens (primary N) is 1. The van der Waals surface area contributed by atoms with Gasteiger partial charge in [-0.1, -0.05) is 0 Å². The minimum atomic E-state index is -3.06. The molecule has 19 heavy (non-hydrogen) atoms. The molecule has 1 aromatic rings. The molecule has 1 aliphatic rings. The highest BCUT2D eigenvalue weighted by Gasteiger charge is 2.29. The smallest absolute Gasteiger partial charge is 0.252 e. The second-order valence-electron chi connectivity index (χ2n) is 4.43. The molecule has 104 valence electrons. The maximum atomic E-state index is 13.2. The van der Waals surface area contributed by atoms with Gasteiger partial charge >= 0.3 is 0 Å². The van der Waals surface area contributed by atoms with Gasteiger partial charge in [0.1, 0.15) is 5.82 Å². The van der Waals surface area contributed by atoms with Crippen LogP contribution in [0.3, 0.4) is 0 Å². The molecule has 0 spiro atoms. The summed E-state index contributed by atoms with van der Waals surface area (Å²) >= 11 is 3.08. The van der Waals surface area contributed by atoms with E-state index in [-0.39, 0.29) is 27.2 Å². The minimum Gasteiger partial charge on any atom is -0.396 e. The predicted octanol–water partition coefficient (Wildman–Crippen LogP) is 1.09. The van der Waals surface area contributed by atoms with Crippen LogP contribution in [0.5, 0.6) is 0 Å². The molecule has 3 N–H and O–H groups in total. The number of hydrogen-bond acceptors (Lipinski definition) is 4. The summed E-state index contributed by atoms with van der Waals surface area (Å²) in [6.07, 6.45) is 0.391. The van der Waals surface area contributed by atoms with Crippen LogP contribution < -0.4 is 11.1 Å². The topological polar surface area (TPSA) is 89.3 Å². The molecular weight excluding hydrogens is 339 g/mol. The summed E-state index contributed by atoms with van der Waals surface area (Å²) in [4.78, 5) is 12.0. The molecule has 1 heterocycles. The summed E-state index contributed by atoms with van der Waals surface area (Å²) in [6.45, 7) is 0. The van der Waals surface area contributed by atoms with Crippen molar-refractivity contribution in [1.29, 1.82) is 0 Å². The van der Waals surface area contributed by atoms with Crippen LogP contribution >= 0.6 is 15.9 Å². The van der Waals surface area contributed by atoms with Crippen molar-refractivity contribution < 1.29 is 17.6 Å². The molecule has 1 amide bonds. The fourth-order valence-electron chi connectivity index (χ4n) is 1.91. The Hall–Kier alpha value is -1.15. The molecule has 0 bridgehead atoms. The fourth-order valence-corrected chi connectivity index (χ4v) is 4.08. The molecule has 1 fully saturated rings. The normalized spacial score (nSPS) is 21.3. The van der Waals surface area contributed by atoms with Crippen LogP contribution in [0.1, 0.15) is 16.8 Å². The zero-order valence-electron chi connectivity index (χ0n) is 9.82. The highest BCUT2D eigenvalue weighted by molar-refractivity contribution is 9.10. The molecule has 0 saturated carbocycles. The molecular formula is C11H12BrFN2O3S. The Morgan fingerprint density at radius 3 is 2.74 bits per heavy atom. The van der Waals surface area contributed by atoms with E-state index in [0.717, 1.165) is 6.07 Å². The minimum absolute atomic E-state index is 0.0625. The van der Waals surface area contributed by atoms with E-state index in [0.29, 0.717) is 6.42 Å². The first kappa shape index (κ1) is 14.3. The van der Waals surface area contributed by atoms with Crippen molar-refractivity contribution in [2.24, 2.45) is 0 Å². The van der Waals surface area contributed by atoms with Gasteiger partial charge in [-0.2, -0.15) is 0 Å². The van der Waals surface area contributed by atoms with E-state index < -0.39 is 27.6 Å². The third kappa shape index (κ3) is 3.24. The zero-order chi connectivity index (χ0) is 14.2. The van der Waals surface area contributed by atoms with Crippen LogP contribution in [0.2, 0.25) is 0 Å². The summed E-state index contributed by atoms with van der Waals surface area (Å²) in [5.74, 6) is -1.08. The monoisotopic (exact) mass is 350 g/mol. The lowest BCUT2D eigenvalue weighted by molar-refractivity contribution is 0.0940. The Bertz CT molecular complexity index is 633. The van der Waals surface area contributed by atoms with E-state index >= 15 is 0 Å². The second kappa shape index (κ2) is 5.09. The van der Waals surface area contributed by atoms with Gasteiger partial charge in [0.2, 0.25) is 0 Å². The second-order valence-corrected chi connectivity index (χ2v) is 7.51. The van der Waals surface area contributed by atoms with Crippen molar-refractivity contribution in [2.45, 2.75) is 12.5 Å². The third-order valence-electron chi connectivity index (χ3n) is 2.90. The van der Waals surface area contributed by atoms with Gasteiger partial charge < -0.3 is 11.1 Å². The summed E-state index contributed by atoms with van der Waals surface area (Å²) in [5, 5.41) is 2.61. The Labute approximate surface area is 118 Å². The third-order valence-corrected chi connectivity index (χ3v) is 5.32. The Balaban J connectivity index is 2.15. The average Bonchev–Trinajstić information content (AvgIpc) is 2.63. The Morgan fingerprint density at radius 1 is 1.47 bits per heavy atom. The quantitative estimate of drug-likeness (QED) is 0.781. The Kier molecular flexibility index (Phi) is 3.82. The lowest BCUT2D eigenvalue weighted by Crippen LogP contribution is -2.35. The number of anilines is 1. The summed E-state index contributed by atoms with van der Waals surface area (Å²) in [7, 11) is -3.06. The maximum absolute atomic E-state index is 13.2. The first-order valence-electron chi connectivity index (χ1n) is 5.54. The summed E-state index contributed by atoms with van der Waals surface area (Å²) in [6, 6.07) is 1.92. The van der Waals surface area contributed by atoms with Crippen LogP contribution in [0, 0.1) is 5.82 Å². The molecule has 8 heteroatoms. The highest BCUT2D eigenvalue weighted by atomic mass is 79.9. The first-order valence-corrected chi connectivity index (χ1v) is 8.16. The van der Waals surface area contributed by atoms with Gasteiger partial charge in [0.25, 0.3) is 5.91 Å². The van der Waals surface area contributed by atoms with Crippen molar-refractivity contribution in [1.82, 2.24) is 5.32 Å². The number of benzene rings is 1. The van der Waals surface area contributed by atoms with Crippen molar-refractivity contribution in [3.8, 4) is 0 Å². The zero-order valence-corrected chi connectivity index (χ0v) is 12.2. The van der Waals surface area contributed by atoms with E-state index in [2.05, 4.69) is 21.2 Å². The van der Waals surface area contributed by atoms with Crippen LogP contribution in [-0.4, -0.2) is 31.9 Å². The van der Waals surface area contributed by atoms with Crippen LogP contribution in [0.4, 0.5) is 10.1 Å². The van der Waals surface area contributed by atoms with E-state index in [1.165, 1.54) is 6.07 Å². The van der Waals surface area contributed by atoms with Gasteiger partial charge in [-0.15, -0.1) is 0 Å². The first-order chi connectivity index (χ1) is 8.78. The lowest BCUT2D eigenvalue weighted by Gasteiger charge is -2.12. The number of halogens is 2. The van der Waals surface area contributed by atoms with E-state index in [1.54, 1.807) is 0 Å². The number of amides is 1. The SMILES string of the molecule is Nc1cc(C(=O)NC2CCS(=O)(=O)C2)c(Br)cc1F. The highest BCUT2D eigenvalue weighted by Crippen LogP contribution is 2.23. The molecule has 0 aromatic heterocycles. The predicted molar refractivity (Wildman–Crippen MR) is 73.0 cm³/mol. The summed E-state index contributed by atoms with van der Waals surface area (Å²) in [5.41, 5.74) is 5.46. The number of carbonyl (C=O) groups excluding carboxylic acids is 1.